The molecule has 1 saturated carbocycles. The lowest BCUT2D eigenvalue weighted by atomic mass is 9.73. The van der Waals surface area contributed by atoms with Crippen LogP contribution in [0, 0.1) is 11.8 Å². The molecule has 1 rings (SSSR count). The van der Waals surface area contributed by atoms with Gasteiger partial charge in [0.05, 0.1) is 5.60 Å². The SMILES string of the molecule is CCCCCCCC1(O)CCC(C(C)C)CC1. The van der Waals surface area contributed by atoms with Gasteiger partial charge in [0.2, 0.25) is 0 Å². The predicted octanol–water partition coefficient (Wildman–Crippen LogP) is 4.92. The minimum atomic E-state index is -0.308. The van der Waals surface area contributed by atoms with Gasteiger partial charge in [-0.1, -0.05) is 52.9 Å². The highest BCUT2D eigenvalue weighted by atomic mass is 16.3. The second-order valence-electron chi connectivity index (χ2n) is 6.47. The minimum absolute atomic E-state index is 0.308. The molecule has 0 saturated heterocycles. The molecule has 0 spiro atoms. The third-order valence-corrected chi connectivity index (χ3v) is 4.65. The van der Waals surface area contributed by atoms with E-state index >= 15 is 0 Å². The fraction of sp³-hybridized carbons (Fsp3) is 1.00. The zero-order valence-electron chi connectivity index (χ0n) is 12.2. The Bertz CT molecular complexity index is 190. The van der Waals surface area contributed by atoms with Crippen molar-refractivity contribution in [3.63, 3.8) is 0 Å². The molecule has 0 amide bonds. The molecule has 1 aliphatic rings. The van der Waals surface area contributed by atoms with Crippen LogP contribution in [0.2, 0.25) is 0 Å². The molecular weight excluding hydrogens is 208 g/mol. The molecule has 1 heteroatoms. The molecule has 0 unspecified atom stereocenters. The summed E-state index contributed by atoms with van der Waals surface area (Å²) in [7, 11) is 0. The summed E-state index contributed by atoms with van der Waals surface area (Å²) in [5, 5.41) is 10.5. The van der Waals surface area contributed by atoms with Crippen LogP contribution in [0.4, 0.5) is 0 Å². The second kappa shape index (κ2) is 7.41. The standard InChI is InChI=1S/C16H32O/c1-4-5-6-7-8-11-16(17)12-9-15(10-13-16)14(2)3/h14-15,17H,4-13H2,1-3H3. The van der Waals surface area contributed by atoms with E-state index in [0.717, 1.165) is 31.1 Å². The van der Waals surface area contributed by atoms with Crippen LogP contribution in [0.25, 0.3) is 0 Å². The molecule has 17 heavy (non-hydrogen) atoms. The number of hydrogen-bond donors (Lipinski definition) is 1. The normalized spacial score (nSPS) is 29.8. The maximum atomic E-state index is 10.5. The lowest BCUT2D eigenvalue weighted by molar-refractivity contribution is -0.0238. The van der Waals surface area contributed by atoms with Gasteiger partial charge in [-0.2, -0.15) is 0 Å². The number of unbranched alkanes of at least 4 members (excludes halogenated alkanes) is 4. The molecule has 1 N–H and O–H groups in total. The Labute approximate surface area is 108 Å². The van der Waals surface area contributed by atoms with Gasteiger partial charge >= 0.3 is 0 Å². The molecule has 1 nitrogen and oxygen atoms in total. The van der Waals surface area contributed by atoms with E-state index < -0.39 is 0 Å². The van der Waals surface area contributed by atoms with Crippen molar-refractivity contribution in [2.24, 2.45) is 11.8 Å². The average Bonchev–Trinajstić information content (AvgIpc) is 2.29. The summed E-state index contributed by atoms with van der Waals surface area (Å²) >= 11 is 0. The van der Waals surface area contributed by atoms with Crippen molar-refractivity contribution in [3.8, 4) is 0 Å². The molecule has 0 aromatic heterocycles. The van der Waals surface area contributed by atoms with Gasteiger partial charge in [0, 0.05) is 0 Å². The van der Waals surface area contributed by atoms with Crippen LogP contribution in [-0.2, 0) is 0 Å². The summed E-state index contributed by atoms with van der Waals surface area (Å²) in [6.45, 7) is 6.89. The third kappa shape index (κ3) is 5.42. The lowest BCUT2D eigenvalue weighted by Crippen LogP contribution is -2.35. The van der Waals surface area contributed by atoms with Crippen LogP contribution in [0.3, 0.4) is 0 Å². The molecule has 1 fully saturated rings. The third-order valence-electron chi connectivity index (χ3n) is 4.65. The Morgan fingerprint density at radius 2 is 1.65 bits per heavy atom. The first-order valence-electron chi connectivity index (χ1n) is 7.80. The van der Waals surface area contributed by atoms with E-state index in [2.05, 4.69) is 20.8 Å². The van der Waals surface area contributed by atoms with E-state index in [-0.39, 0.29) is 5.60 Å². The summed E-state index contributed by atoms with van der Waals surface area (Å²) in [6, 6.07) is 0. The van der Waals surface area contributed by atoms with Crippen molar-refractivity contribution in [1.82, 2.24) is 0 Å². The Morgan fingerprint density at radius 1 is 1.06 bits per heavy atom. The van der Waals surface area contributed by atoms with Crippen molar-refractivity contribution >= 4 is 0 Å². The molecule has 102 valence electrons. The fourth-order valence-electron chi connectivity index (χ4n) is 3.15. The largest absolute Gasteiger partial charge is 0.390 e. The molecule has 0 bridgehead atoms. The topological polar surface area (TPSA) is 20.2 Å². The van der Waals surface area contributed by atoms with Gasteiger partial charge in [-0.05, 0) is 43.9 Å². The summed E-state index contributed by atoms with van der Waals surface area (Å²) in [5.74, 6) is 1.65. The van der Waals surface area contributed by atoms with E-state index in [0.29, 0.717) is 0 Å². The molecule has 0 radical (unpaired) electrons. The Kier molecular flexibility index (Phi) is 6.54. The fourth-order valence-corrected chi connectivity index (χ4v) is 3.15. The Balaban J connectivity index is 2.16. The van der Waals surface area contributed by atoms with Crippen molar-refractivity contribution in [3.05, 3.63) is 0 Å². The lowest BCUT2D eigenvalue weighted by Gasteiger charge is -2.37. The highest BCUT2D eigenvalue weighted by Gasteiger charge is 2.33. The van der Waals surface area contributed by atoms with Gasteiger partial charge in [-0.25, -0.2) is 0 Å². The monoisotopic (exact) mass is 240 g/mol. The van der Waals surface area contributed by atoms with Crippen molar-refractivity contribution in [2.75, 3.05) is 0 Å². The molecule has 1 aliphatic carbocycles. The average molecular weight is 240 g/mol. The zero-order valence-corrected chi connectivity index (χ0v) is 12.2. The highest BCUT2D eigenvalue weighted by molar-refractivity contribution is 4.86. The van der Waals surface area contributed by atoms with Crippen LogP contribution in [-0.4, -0.2) is 10.7 Å². The maximum absolute atomic E-state index is 10.5. The first-order chi connectivity index (χ1) is 8.07. The number of rotatable bonds is 7. The van der Waals surface area contributed by atoms with Gasteiger partial charge in [-0.15, -0.1) is 0 Å². The highest BCUT2D eigenvalue weighted by Crippen LogP contribution is 2.38. The zero-order chi connectivity index (χ0) is 12.7. The Morgan fingerprint density at radius 3 is 2.18 bits per heavy atom. The molecule has 0 aromatic rings. The first kappa shape index (κ1) is 15.0. The second-order valence-corrected chi connectivity index (χ2v) is 6.47. The molecule has 0 atom stereocenters. The summed E-state index contributed by atoms with van der Waals surface area (Å²) < 4.78 is 0. The van der Waals surface area contributed by atoms with Gasteiger partial charge in [0.25, 0.3) is 0 Å². The van der Waals surface area contributed by atoms with Crippen LogP contribution in [0.1, 0.15) is 85.0 Å². The van der Waals surface area contributed by atoms with Gasteiger partial charge < -0.3 is 5.11 Å². The predicted molar refractivity (Wildman–Crippen MR) is 75.1 cm³/mol. The summed E-state index contributed by atoms with van der Waals surface area (Å²) in [5.41, 5.74) is -0.308. The summed E-state index contributed by atoms with van der Waals surface area (Å²) in [6.07, 6.45) is 12.2. The minimum Gasteiger partial charge on any atom is -0.390 e. The van der Waals surface area contributed by atoms with Crippen molar-refractivity contribution < 1.29 is 5.11 Å². The van der Waals surface area contributed by atoms with Crippen molar-refractivity contribution in [2.45, 2.75) is 90.6 Å². The summed E-state index contributed by atoms with van der Waals surface area (Å²) in [4.78, 5) is 0. The van der Waals surface area contributed by atoms with Crippen LogP contribution < -0.4 is 0 Å². The maximum Gasteiger partial charge on any atom is 0.0648 e. The molecule has 0 aromatic carbocycles. The van der Waals surface area contributed by atoms with E-state index in [1.54, 1.807) is 0 Å². The first-order valence-corrected chi connectivity index (χ1v) is 7.80. The van der Waals surface area contributed by atoms with Gasteiger partial charge in [0.15, 0.2) is 0 Å². The molecular formula is C16H32O. The van der Waals surface area contributed by atoms with Gasteiger partial charge in [-0.3, -0.25) is 0 Å². The van der Waals surface area contributed by atoms with E-state index in [1.807, 2.05) is 0 Å². The molecule has 0 aliphatic heterocycles. The number of hydrogen-bond acceptors (Lipinski definition) is 1. The van der Waals surface area contributed by atoms with Crippen LogP contribution >= 0.6 is 0 Å². The number of aliphatic hydroxyl groups is 1. The van der Waals surface area contributed by atoms with E-state index in [1.165, 1.54) is 44.9 Å². The quantitative estimate of drug-likeness (QED) is 0.626. The van der Waals surface area contributed by atoms with Crippen LogP contribution in [0.5, 0.6) is 0 Å². The smallest absolute Gasteiger partial charge is 0.0648 e. The van der Waals surface area contributed by atoms with Crippen LogP contribution in [0.15, 0.2) is 0 Å². The Hall–Kier alpha value is -0.0400. The van der Waals surface area contributed by atoms with E-state index in [4.69, 9.17) is 0 Å². The molecule has 0 heterocycles. The van der Waals surface area contributed by atoms with Crippen molar-refractivity contribution in [1.29, 1.82) is 0 Å². The van der Waals surface area contributed by atoms with Gasteiger partial charge in [0.1, 0.15) is 0 Å². The van der Waals surface area contributed by atoms with E-state index in [9.17, 15) is 5.11 Å².